The number of hydrogen-bond donors (Lipinski definition) is 3. The maximum Gasteiger partial charge on any atom is 0.166 e. The van der Waals surface area contributed by atoms with E-state index in [0.717, 1.165) is 54.0 Å². The molecule has 7 heteroatoms. The van der Waals surface area contributed by atoms with Gasteiger partial charge in [-0.05, 0) is 36.3 Å². The summed E-state index contributed by atoms with van der Waals surface area (Å²) in [4.78, 5) is 1.45. The van der Waals surface area contributed by atoms with Crippen LogP contribution in [0.15, 0.2) is 16.6 Å². The number of ether oxygens (including phenoxy) is 2. The van der Waals surface area contributed by atoms with Gasteiger partial charge < -0.3 is 25.0 Å². The Morgan fingerprint density at radius 2 is 1.74 bits per heavy atom. The van der Waals surface area contributed by atoms with E-state index in [1.807, 2.05) is 12.1 Å². The topological polar surface area (TPSA) is 47.0 Å². The molecule has 1 aromatic rings. The number of nitrogens with one attached hydrogen (secondary N) is 3. The van der Waals surface area contributed by atoms with Crippen molar-refractivity contribution in [3.8, 4) is 11.5 Å². The van der Waals surface area contributed by atoms with Crippen LogP contribution < -0.4 is 25.0 Å². The minimum absolute atomic E-state index is 0.704. The third kappa shape index (κ3) is 7.37. The second-order valence-electron chi connectivity index (χ2n) is 5.54. The molecule has 0 amide bonds. The molecule has 0 unspecified atom stereocenters. The fourth-order valence-corrected chi connectivity index (χ4v) is 2.83. The standard InChI is InChI=1S/C16H26BrN3O2S/c1-20(2)9-5-7-18-16(23)19-8-6-12-10-14(21-3)15(22-4)11-13(12)17/h10-11H,5-9H2,1-4H3,(H2,18,19,23)/p+1. The summed E-state index contributed by atoms with van der Waals surface area (Å²) in [5.74, 6) is 1.45. The van der Waals surface area contributed by atoms with Crippen LogP contribution in [-0.4, -0.2) is 53.1 Å². The van der Waals surface area contributed by atoms with Crippen LogP contribution in [0.4, 0.5) is 0 Å². The van der Waals surface area contributed by atoms with Crippen molar-refractivity contribution in [3.63, 3.8) is 0 Å². The summed E-state index contributed by atoms with van der Waals surface area (Å²) in [7, 11) is 7.57. The van der Waals surface area contributed by atoms with Gasteiger partial charge in [0.25, 0.3) is 0 Å². The van der Waals surface area contributed by atoms with Crippen LogP contribution in [0.1, 0.15) is 12.0 Å². The number of benzene rings is 1. The Labute approximate surface area is 152 Å². The quantitative estimate of drug-likeness (QED) is 0.423. The van der Waals surface area contributed by atoms with Gasteiger partial charge in [0.05, 0.1) is 34.9 Å². The molecule has 0 bridgehead atoms. The molecule has 0 saturated heterocycles. The Kier molecular flexibility index (Phi) is 9.28. The Hall–Kier alpha value is -1.05. The molecule has 0 spiro atoms. The van der Waals surface area contributed by atoms with Crippen molar-refractivity contribution >= 4 is 33.3 Å². The third-order valence-corrected chi connectivity index (χ3v) is 4.40. The Morgan fingerprint density at radius 3 is 2.35 bits per heavy atom. The minimum atomic E-state index is 0.704. The Bertz CT molecular complexity index is 512. The van der Waals surface area contributed by atoms with E-state index >= 15 is 0 Å². The van der Waals surface area contributed by atoms with Crippen molar-refractivity contribution in [1.82, 2.24) is 10.6 Å². The average molecular weight is 405 g/mol. The number of hydrogen-bond acceptors (Lipinski definition) is 3. The van der Waals surface area contributed by atoms with Crippen LogP contribution in [0.25, 0.3) is 0 Å². The molecule has 23 heavy (non-hydrogen) atoms. The summed E-state index contributed by atoms with van der Waals surface area (Å²) >= 11 is 8.85. The number of methoxy groups -OCH3 is 2. The molecule has 0 saturated carbocycles. The number of quaternary nitrogens is 1. The van der Waals surface area contributed by atoms with Crippen LogP contribution in [0.3, 0.4) is 0 Å². The largest absolute Gasteiger partial charge is 0.493 e. The summed E-state index contributed by atoms with van der Waals surface area (Å²) in [6, 6.07) is 3.91. The predicted octanol–water partition coefficient (Wildman–Crippen LogP) is 1.01. The van der Waals surface area contributed by atoms with E-state index in [2.05, 4.69) is 40.7 Å². The maximum absolute atomic E-state index is 5.34. The summed E-state index contributed by atoms with van der Waals surface area (Å²) in [6.45, 7) is 2.80. The molecule has 0 heterocycles. The number of halogens is 1. The first-order valence-corrected chi connectivity index (χ1v) is 8.89. The minimum Gasteiger partial charge on any atom is -0.493 e. The first-order valence-electron chi connectivity index (χ1n) is 7.69. The Morgan fingerprint density at radius 1 is 1.13 bits per heavy atom. The highest BCUT2D eigenvalue weighted by molar-refractivity contribution is 9.10. The Balaban J connectivity index is 2.39. The lowest BCUT2D eigenvalue weighted by atomic mass is 10.1. The molecule has 0 fully saturated rings. The highest BCUT2D eigenvalue weighted by Crippen LogP contribution is 2.33. The molecule has 0 aliphatic rings. The van der Waals surface area contributed by atoms with Gasteiger partial charge in [0.2, 0.25) is 0 Å². The maximum atomic E-state index is 5.34. The SMILES string of the molecule is COc1cc(Br)c(CCNC(=S)NCCC[NH+](C)C)cc1OC. The predicted molar refractivity (Wildman–Crippen MR) is 102 cm³/mol. The zero-order chi connectivity index (χ0) is 17.2. The van der Waals surface area contributed by atoms with E-state index in [9.17, 15) is 0 Å². The van der Waals surface area contributed by atoms with Crippen molar-refractivity contribution in [2.45, 2.75) is 12.8 Å². The molecule has 5 nitrogen and oxygen atoms in total. The summed E-state index contributed by atoms with van der Waals surface area (Å²) in [5, 5.41) is 7.17. The van der Waals surface area contributed by atoms with E-state index in [4.69, 9.17) is 21.7 Å². The molecule has 0 atom stereocenters. The van der Waals surface area contributed by atoms with Crippen molar-refractivity contribution < 1.29 is 14.4 Å². The molecule has 0 aromatic heterocycles. The highest BCUT2D eigenvalue weighted by Gasteiger charge is 2.09. The van der Waals surface area contributed by atoms with Gasteiger partial charge in [-0.2, -0.15) is 0 Å². The van der Waals surface area contributed by atoms with Crippen LogP contribution in [0.5, 0.6) is 11.5 Å². The third-order valence-electron chi connectivity index (χ3n) is 3.37. The van der Waals surface area contributed by atoms with Gasteiger partial charge >= 0.3 is 0 Å². The molecular formula is C16H27BrN3O2S+. The van der Waals surface area contributed by atoms with Crippen molar-refractivity contribution in [2.75, 3.05) is 47.9 Å². The van der Waals surface area contributed by atoms with E-state index in [-0.39, 0.29) is 0 Å². The van der Waals surface area contributed by atoms with Gasteiger partial charge in [-0.25, -0.2) is 0 Å². The van der Waals surface area contributed by atoms with Gasteiger partial charge in [-0.3, -0.25) is 0 Å². The van der Waals surface area contributed by atoms with E-state index < -0.39 is 0 Å². The molecule has 3 N–H and O–H groups in total. The van der Waals surface area contributed by atoms with Crippen molar-refractivity contribution in [3.05, 3.63) is 22.2 Å². The molecule has 0 aliphatic heterocycles. The number of thiocarbonyl (C=S) groups is 1. The van der Waals surface area contributed by atoms with E-state index in [1.165, 1.54) is 4.90 Å². The smallest absolute Gasteiger partial charge is 0.166 e. The lowest BCUT2D eigenvalue weighted by molar-refractivity contribution is -0.858. The lowest BCUT2D eigenvalue weighted by Gasteiger charge is -2.14. The molecule has 0 aliphatic carbocycles. The van der Waals surface area contributed by atoms with Gasteiger partial charge in [0.1, 0.15) is 0 Å². The second-order valence-corrected chi connectivity index (χ2v) is 6.80. The first kappa shape index (κ1) is 20.0. The molecule has 130 valence electrons. The zero-order valence-corrected chi connectivity index (χ0v) is 16.7. The van der Waals surface area contributed by atoms with E-state index in [1.54, 1.807) is 14.2 Å². The summed E-state index contributed by atoms with van der Waals surface area (Å²) in [5.41, 5.74) is 1.15. The van der Waals surface area contributed by atoms with Crippen molar-refractivity contribution in [1.29, 1.82) is 0 Å². The van der Waals surface area contributed by atoms with Crippen LogP contribution in [-0.2, 0) is 6.42 Å². The fraction of sp³-hybridized carbons (Fsp3) is 0.562. The molecular weight excluding hydrogens is 378 g/mol. The van der Waals surface area contributed by atoms with Crippen LogP contribution in [0, 0.1) is 0 Å². The molecule has 0 radical (unpaired) electrons. The lowest BCUT2D eigenvalue weighted by Crippen LogP contribution is -3.05. The van der Waals surface area contributed by atoms with Crippen molar-refractivity contribution in [2.24, 2.45) is 0 Å². The normalized spacial score (nSPS) is 10.5. The van der Waals surface area contributed by atoms with Gasteiger partial charge in [-0.15, -0.1) is 0 Å². The van der Waals surface area contributed by atoms with Crippen LogP contribution in [0.2, 0.25) is 0 Å². The molecule has 1 rings (SSSR count). The fourth-order valence-electron chi connectivity index (χ4n) is 2.10. The first-order chi connectivity index (χ1) is 11.0. The van der Waals surface area contributed by atoms with Gasteiger partial charge in [-0.1, -0.05) is 15.9 Å². The summed E-state index contributed by atoms with van der Waals surface area (Å²) in [6.07, 6.45) is 1.94. The highest BCUT2D eigenvalue weighted by atomic mass is 79.9. The monoisotopic (exact) mass is 404 g/mol. The number of rotatable bonds is 9. The second kappa shape index (κ2) is 10.7. The van der Waals surface area contributed by atoms with Gasteiger partial charge in [0.15, 0.2) is 16.6 Å². The van der Waals surface area contributed by atoms with Crippen LogP contribution >= 0.6 is 28.1 Å². The average Bonchev–Trinajstić information content (AvgIpc) is 2.52. The van der Waals surface area contributed by atoms with E-state index in [0.29, 0.717) is 5.11 Å². The zero-order valence-electron chi connectivity index (χ0n) is 14.3. The van der Waals surface area contributed by atoms with Gasteiger partial charge in [0, 0.05) is 24.0 Å². The molecule has 1 aromatic carbocycles. The summed E-state index contributed by atoms with van der Waals surface area (Å²) < 4.78 is 11.6.